The lowest BCUT2D eigenvalue weighted by atomic mass is 9.91. The smallest absolute Gasteiger partial charge is 0.142 e. The number of aliphatic hydroxyl groups is 1. The molecule has 0 aliphatic carbocycles. The Hall–Kier alpha value is -0.630. The molecule has 0 aromatic heterocycles. The fraction of sp³-hybridized carbons (Fsp3) is 0.727. The van der Waals surface area contributed by atoms with Gasteiger partial charge in [-0.3, -0.25) is 4.79 Å². The molecule has 0 rings (SSSR count). The summed E-state index contributed by atoms with van der Waals surface area (Å²) in [4.78, 5) is 9.95. The van der Waals surface area contributed by atoms with E-state index in [0.29, 0.717) is 18.3 Å². The van der Waals surface area contributed by atoms with Crippen LogP contribution in [0.15, 0.2) is 12.2 Å². The van der Waals surface area contributed by atoms with E-state index < -0.39 is 0 Å². The zero-order valence-corrected chi connectivity index (χ0v) is 8.73. The van der Waals surface area contributed by atoms with Gasteiger partial charge in [-0.25, -0.2) is 0 Å². The maximum atomic E-state index is 9.95. The number of aldehydes is 1. The molecule has 0 aromatic carbocycles. The van der Waals surface area contributed by atoms with Crippen molar-refractivity contribution in [1.29, 1.82) is 0 Å². The van der Waals surface area contributed by atoms with E-state index in [1.807, 2.05) is 0 Å². The van der Waals surface area contributed by atoms with Crippen molar-refractivity contribution < 1.29 is 9.90 Å². The highest BCUT2D eigenvalue weighted by atomic mass is 16.3. The highest BCUT2D eigenvalue weighted by Crippen LogP contribution is 2.17. The van der Waals surface area contributed by atoms with Crippen molar-refractivity contribution in [2.24, 2.45) is 11.8 Å². The van der Waals surface area contributed by atoms with Crippen molar-refractivity contribution in [3.05, 3.63) is 12.2 Å². The van der Waals surface area contributed by atoms with Crippen molar-refractivity contribution in [1.82, 2.24) is 0 Å². The first kappa shape index (κ1) is 12.4. The summed E-state index contributed by atoms with van der Waals surface area (Å²) in [6.07, 6.45) is 4.96. The minimum atomic E-state index is -0.311. The zero-order valence-electron chi connectivity index (χ0n) is 8.73. The molecular weight excluding hydrogens is 164 g/mol. The SMILES string of the molecule is CC(C)C(C)CC(O)CC=CC=O. The molecule has 2 nitrogen and oxygen atoms in total. The van der Waals surface area contributed by atoms with Crippen LogP contribution in [0, 0.1) is 11.8 Å². The summed E-state index contributed by atoms with van der Waals surface area (Å²) in [5.41, 5.74) is 0. The van der Waals surface area contributed by atoms with E-state index in [0.717, 1.165) is 12.7 Å². The quantitative estimate of drug-likeness (QED) is 0.507. The molecule has 0 aliphatic heterocycles. The van der Waals surface area contributed by atoms with Gasteiger partial charge < -0.3 is 5.11 Å². The summed E-state index contributed by atoms with van der Waals surface area (Å²) >= 11 is 0. The molecule has 0 aromatic rings. The lowest BCUT2D eigenvalue weighted by Crippen LogP contribution is -2.14. The maximum Gasteiger partial charge on any atom is 0.142 e. The second-order valence-electron chi connectivity index (χ2n) is 3.91. The van der Waals surface area contributed by atoms with Gasteiger partial charge in [-0.2, -0.15) is 0 Å². The molecule has 0 amide bonds. The third kappa shape index (κ3) is 6.52. The highest BCUT2D eigenvalue weighted by Gasteiger charge is 2.11. The van der Waals surface area contributed by atoms with Gasteiger partial charge in [0.25, 0.3) is 0 Å². The molecule has 1 N–H and O–H groups in total. The van der Waals surface area contributed by atoms with Crippen LogP contribution < -0.4 is 0 Å². The second-order valence-corrected chi connectivity index (χ2v) is 3.91. The molecule has 0 saturated carbocycles. The molecule has 0 saturated heterocycles. The first-order chi connectivity index (χ1) is 6.07. The van der Waals surface area contributed by atoms with Gasteiger partial charge >= 0.3 is 0 Å². The van der Waals surface area contributed by atoms with E-state index >= 15 is 0 Å². The van der Waals surface area contributed by atoms with E-state index in [1.165, 1.54) is 6.08 Å². The van der Waals surface area contributed by atoms with Crippen molar-refractivity contribution >= 4 is 6.29 Å². The van der Waals surface area contributed by atoms with E-state index in [4.69, 9.17) is 0 Å². The summed E-state index contributed by atoms with van der Waals surface area (Å²) in [7, 11) is 0. The Balaban J connectivity index is 3.66. The van der Waals surface area contributed by atoms with Crippen LogP contribution in [0.25, 0.3) is 0 Å². The van der Waals surface area contributed by atoms with Gasteiger partial charge in [0.2, 0.25) is 0 Å². The first-order valence-electron chi connectivity index (χ1n) is 4.86. The summed E-state index contributed by atoms with van der Waals surface area (Å²) in [5, 5.41) is 9.53. The van der Waals surface area contributed by atoms with E-state index in [1.54, 1.807) is 6.08 Å². The average molecular weight is 184 g/mol. The van der Waals surface area contributed by atoms with Crippen molar-refractivity contribution in [3.63, 3.8) is 0 Å². The number of rotatable bonds is 6. The van der Waals surface area contributed by atoms with E-state index in [9.17, 15) is 9.90 Å². The van der Waals surface area contributed by atoms with Gasteiger partial charge in [0.15, 0.2) is 0 Å². The number of aliphatic hydroxyl groups excluding tert-OH is 1. The van der Waals surface area contributed by atoms with Crippen LogP contribution in [-0.4, -0.2) is 17.5 Å². The fourth-order valence-corrected chi connectivity index (χ4v) is 1.09. The van der Waals surface area contributed by atoms with Crippen molar-refractivity contribution in [3.8, 4) is 0 Å². The molecule has 13 heavy (non-hydrogen) atoms. The molecule has 0 heterocycles. The Morgan fingerprint density at radius 3 is 2.38 bits per heavy atom. The molecule has 0 fully saturated rings. The molecule has 2 atom stereocenters. The average Bonchev–Trinajstić information content (AvgIpc) is 2.04. The lowest BCUT2D eigenvalue weighted by Gasteiger charge is -2.18. The molecule has 0 radical (unpaired) electrons. The summed E-state index contributed by atoms with van der Waals surface area (Å²) in [6.45, 7) is 6.44. The number of allylic oxidation sites excluding steroid dienone is 1. The third-order valence-electron chi connectivity index (χ3n) is 2.40. The zero-order chi connectivity index (χ0) is 10.3. The predicted octanol–water partition coefficient (Wildman–Crippen LogP) is 2.17. The molecule has 2 unspecified atom stereocenters. The molecular formula is C11H20O2. The predicted molar refractivity (Wildman–Crippen MR) is 54.4 cm³/mol. The largest absolute Gasteiger partial charge is 0.393 e. The first-order valence-corrected chi connectivity index (χ1v) is 4.86. The van der Waals surface area contributed by atoms with Gasteiger partial charge in [-0.1, -0.05) is 26.8 Å². The third-order valence-corrected chi connectivity index (χ3v) is 2.40. The van der Waals surface area contributed by atoms with Crippen LogP contribution in [0.3, 0.4) is 0 Å². The van der Waals surface area contributed by atoms with Crippen molar-refractivity contribution in [2.75, 3.05) is 0 Å². The van der Waals surface area contributed by atoms with Crippen molar-refractivity contribution in [2.45, 2.75) is 39.7 Å². The molecule has 0 spiro atoms. The maximum absolute atomic E-state index is 9.95. The van der Waals surface area contributed by atoms with Gasteiger partial charge in [-0.05, 0) is 30.8 Å². The van der Waals surface area contributed by atoms with Gasteiger partial charge in [-0.15, -0.1) is 0 Å². The Labute approximate surface area is 80.7 Å². The topological polar surface area (TPSA) is 37.3 Å². The van der Waals surface area contributed by atoms with Crippen LogP contribution in [0.2, 0.25) is 0 Å². The standard InChI is InChI=1S/C11H20O2/c1-9(2)10(3)8-11(13)6-4-5-7-12/h4-5,7,9-11,13H,6,8H2,1-3H3. The van der Waals surface area contributed by atoms with Crippen LogP contribution in [-0.2, 0) is 4.79 Å². The van der Waals surface area contributed by atoms with Gasteiger partial charge in [0, 0.05) is 0 Å². The molecule has 76 valence electrons. The molecule has 0 aliphatic rings. The Bertz CT molecular complexity index is 161. The number of carbonyl (C=O) groups excluding carboxylic acids is 1. The summed E-state index contributed by atoms with van der Waals surface area (Å²) in [6, 6.07) is 0. The summed E-state index contributed by atoms with van der Waals surface area (Å²) < 4.78 is 0. The minimum absolute atomic E-state index is 0.311. The van der Waals surface area contributed by atoms with Crippen LogP contribution in [0.5, 0.6) is 0 Å². The van der Waals surface area contributed by atoms with Crippen LogP contribution in [0.4, 0.5) is 0 Å². The van der Waals surface area contributed by atoms with Crippen LogP contribution >= 0.6 is 0 Å². The van der Waals surface area contributed by atoms with Crippen LogP contribution in [0.1, 0.15) is 33.6 Å². The normalized spacial score (nSPS) is 16.4. The monoisotopic (exact) mass is 184 g/mol. The minimum Gasteiger partial charge on any atom is -0.393 e. The van der Waals surface area contributed by atoms with Gasteiger partial charge in [0.1, 0.15) is 6.29 Å². The highest BCUT2D eigenvalue weighted by molar-refractivity contribution is 5.64. The number of carbonyl (C=O) groups is 1. The molecule has 0 bridgehead atoms. The molecule has 2 heteroatoms. The van der Waals surface area contributed by atoms with Gasteiger partial charge in [0.05, 0.1) is 6.10 Å². The Morgan fingerprint density at radius 2 is 1.92 bits per heavy atom. The summed E-state index contributed by atoms with van der Waals surface area (Å²) in [5.74, 6) is 1.13. The Morgan fingerprint density at radius 1 is 1.31 bits per heavy atom. The van der Waals surface area contributed by atoms with E-state index in [-0.39, 0.29) is 6.10 Å². The van der Waals surface area contributed by atoms with E-state index in [2.05, 4.69) is 20.8 Å². The fourth-order valence-electron chi connectivity index (χ4n) is 1.09. The number of hydrogen-bond donors (Lipinski definition) is 1. The Kier molecular flexibility index (Phi) is 6.51. The lowest BCUT2D eigenvalue weighted by molar-refractivity contribution is -0.104. The second kappa shape index (κ2) is 6.84. The number of hydrogen-bond acceptors (Lipinski definition) is 2.